The van der Waals surface area contributed by atoms with Crippen molar-refractivity contribution in [1.82, 2.24) is 0 Å². The number of carbonyl (C=O) groups excluding carboxylic acids is 1. The minimum absolute atomic E-state index is 0.0225. The lowest BCUT2D eigenvalue weighted by Gasteiger charge is -2.14. The molecule has 2 aromatic carbocycles. The summed E-state index contributed by atoms with van der Waals surface area (Å²) in [4.78, 5) is 10.8. The molecular formula is C15H14F2N2O4S. The Bertz CT molecular complexity index is 885. The van der Waals surface area contributed by atoms with Gasteiger partial charge in [-0.3, -0.25) is 9.52 Å². The molecule has 0 aliphatic rings. The Morgan fingerprint density at radius 3 is 2.33 bits per heavy atom. The molecule has 9 heteroatoms. The van der Waals surface area contributed by atoms with Gasteiger partial charge in [0.05, 0.1) is 23.4 Å². The minimum atomic E-state index is -4.20. The molecule has 0 atom stereocenters. The van der Waals surface area contributed by atoms with E-state index < -0.39 is 32.5 Å². The summed E-state index contributed by atoms with van der Waals surface area (Å²) in [6, 6.07) is 6.53. The Hall–Kier alpha value is -2.68. The number of benzene rings is 2. The first-order valence-electron chi connectivity index (χ1n) is 6.66. The molecule has 128 valence electrons. The average Bonchev–Trinajstić information content (AvgIpc) is 2.50. The van der Waals surface area contributed by atoms with Crippen molar-refractivity contribution in [3.05, 3.63) is 48.0 Å². The zero-order chi connectivity index (χ0) is 17.9. The van der Waals surface area contributed by atoms with Gasteiger partial charge in [0.2, 0.25) is 5.91 Å². The number of methoxy groups -OCH3 is 1. The van der Waals surface area contributed by atoms with Crippen LogP contribution in [0.4, 0.5) is 20.2 Å². The fraction of sp³-hybridized carbons (Fsp3) is 0.133. The number of hydrogen-bond acceptors (Lipinski definition) is 4. The van der Waals surface area contributed by atoms with Crippen LogP contribution in [0.15, 0.2) is 41.3 Å². The van der Waals surface area contributed by atoms with Gasteiger partial charge in [0.15, 0.2) is 11.6 Å². The SMILES string of the molecule is COc1ccc(NC(C)=O)c(NS(=O)(=O)c2ccc(F)c(F)c2)c1. The first kappa shape index (κ1) is 17.7. The summed E-state index contributed by atoms with van der Waals surface area (Å²) in [5.74, 6) is -2.51. The first-order valence-corrected chi connectivity index (χ1v) is 8.15. The lowest BCUT2D eigenvalue weighted by atomic mass is 10.2. The Morgan fingerprint density at radius 2 is 1.75 bits per heavy atom. The fourth-order valence-corrected chi connectivity index (χ4v) is 2.96. The summed E-state index contributed by atoms with van der Waals surface area (Å²) < 4.78 is 58.2. The summed E-state index contributed by atoms with van der Waals surface area (Å²) in [6.07, 6.45) is 0. The normalized spacial score (nSPS) is 11.0. The molecule has 0 heterocycles. The Morgan fingerprint density at radius 1 is 1.04 bits per heavy atom. The maximum absolute atomic E-state index is 13.3. The van der Waals surface area contributed by atoms with Gasteiger partial charge in [-0.2, -0.15) is 0 Å². The number of ether oxygens (including phenoxy) is 1. The molecule has 0 saturated heterocycles. The van der Waals surface area contributed by atoms with E-state index in [9.17, 15) is 22.0 Å². The quantitative estimate of drug-likeness (QED) is 0.863. The molecule has 0 aliphatic carbocycles. The van der Waals surface area contributed by atoms with Gasteiger partial charge >= 0.3 is 0 Å². The predicted octanol–water partition coefficient (Wildman–Crippen LogP) is 2.73. The molecule has 0 aliphatic heterocycles. The highest BCUT2D eigenvalue weighted by molar-refractivity contribution is 7.92. The summed E-state index contributed by atoms with van der Waals surface area (Å²) in [5, 5.41) is 2.46. The van der Waals surface area contributed by atoms with Gasteiger partial charge in [-0.25, -0.2) is 17.2 Å². The van der Waals surface area contributed by atoms with Crippen LogP contribution in [0, 0.1) is 11.6 Å². The highest BCUT2D eigenvalue weighted by Gasteiger charge is 2.19. The van der Waals surface area contributed by atoms with Crippen LogP contribution in [0.1, 0.15) is 6.92 Å². The molecule has 6 nitrogen and oxygen atoms in total. The van der Waals surface area contributed by atoms with Crippen LogP contribution in [0.3, 0.4) is 0 Å². The third-order valence-electron chi connectivity index (χ3n) is 2.98. The largest absolute Gasteiger partial charge is 0.497 e. The van der Waals surface area contributed by atoms with E-state index in [1.54, 1.807) is 0 Å². The molecular weight excluding hydrogens is 342 g/mol. The average molecular weight is 356 g/mol. The number of amides is 1. The molecule has 0 bridgehead atoms. The second-order valence-electron chi connectivity index (χ2n) is 4.77. The fourth-order valence-electron chi connectivity index (χ4n) is 1.88. The maximum atomic E-state index is 13.3. The van der Waals surface area contributed by atoms with E-state index in [2.05, 4.69) is 10.0 Å². The van der Waals surface area contributed by atoms with Gasteiger partial charge in [-0.05, 0) is 30.3 Å². The van der Waals surface area contributed by atoms with Gasteiger partial charge in [0.25, 0.3) is 10.0 Å². The van der Waals surface area contributed by atoms with E-state index in [1.165, 1.54) is 32.2 Å². The van der Waals surface area contributed by atoms with Gasteiger partial charge in [0, 0.05) is 13.0 Å². The van der Waals surface area contributed by atoms with Crippen molar-refractivity contribution in [2.45, 2.75) is 11.8 Å². The van der Waals surface area contributed by atoms with Crippen LogP contribution in [0.5, 0.6) is 5.75 Å². The minimum Gasteiger partial charge on any atom is -0.497 e. The lowest BCUT2D eigenvalue weighted by molar-refractivity contribution is -0.114. The zero-order valence-corrected chi connectivity index (χ0v) is 13.6. The van der Waals surface area contributed by atoms with E-state index in [1.807, 2.05) is 0 Å². The third-order valence-corrected chi connectivity index (χ3v) is 4.35. The smallest absolute Gasteiger partial charge is 0.262 e. The Balaban J connectivity index is 2.43. The Kier molecular flexibility index (Phi) is 5.03. The number of hydrogen-bond donors (Lipinski definition) is 2. The van der Waals surface area contributed by atoms with Crippen molar-refractivity contribution in [2.75, 3.05) is 17.1 Å². The molecule has 2 aromatic rings. The van der Waals surface area contributed by atoms with Gasteiger partial charge < -0.3 is 10.1 Å². The molecule has 2 N–H and O–H groups in total. The van der Waals surface area contributed by atoms with Crippen LogP contribution in [0.2, 0.25) is 0 Å². The molecule has 0 spiro atoms. The van der Waals surface area contributed by atoms with Crippen LogP contribution in [-0.2, 0) is 14.8 Å². The van der Waals surface area contributed by atoms with Crippen LogP contribution >= 0.6 is 0 Å². The van der Waals surface area contributed by atoms with Crippen LogP contribution < -0.4 is 14.8 Å². The molecule has 0 radical (unpaired) electrons. The predicted molar refractivity (Wildman–Crippen MR) is 84.5 cm³/mol. The number of sulfonamides is 1. The highest BCUT2D eigenvalue weighted by atomic mass is 32.2. The summed E-state index contributed by atoms with van der Waals surface area (Å²) in [5.41, 5.74) is 0.212. The van der Waals surface area contributed by atoms with Gasteiger partial charge in [0.1, 0.15) is 5.75 Å². The molecule has 0 aromatic heterocycles. The lowest BCUT2D eigenvalue weighted by Crippen LogP contribution is -2.16. The van der Waals surface area contributed by atoms with Gasteiger partial charge in [-0.15, -0.1) is 0 Å². The standard InChI is InChI=1S/C15H14F2N2O4S/c1-9(20)18-14-6-3-10(23-2)7-15(14)19-24(21,22)11-4-5-12(16)13(17)8-11/h3-8,19H,1-2H3,(H,18,20). The second-order valence-corrected chi connectivity index (χ2v) is 6.46. The van der Waals surface area contributed by atoms with Crippen LogP contribution in [0.25, 0.3) is 0 Å². The zero-order valence-electron chi connectivity index (χ0n) is 12.8. The van der Waals surface area contributed by atoms with Gasteiger partial charge in [-0.1, -0.05) is 0 Å². The van der Waals surface area contributed by atoms with Crippen molar-refractivity contribution < 1.29 is 26.7 Å². The van der Waals surface area contributed by atoms with Crippen molar-refractivity contribution >= 4 is 27.3 Å². The maximum Gasteiger partial charge on any atom is 0.262 e. The molecule has 1 amide bonds. The number of rotatable bonds is 5. The summed E-state index contributed by atoms with van der Waals surface area (Å²) in [7, 11) is -2.81. The summed E-state index contributed by atoms with van der Waals surface area (Å²) in [6.45, 7) is 1.26. The highest BCUT2D eigenvalue weighted by Crippen LogP contribution is 2.29. The first-order chi connectivity index (χ1) is 11.2. The number of anilines is 2. The van der Waals surface area contributed by atoms with E-state index in [0.29, 0.717) is 17.9 Å². The molecule has 0 saturated carbocycles. The van der Waals surface area contributed by atoms with Crippen molar-refractivity contribution in [1.29, 1.82) is 0 Å². The van der Waals surface area contributed by atoms with Crippen molar-refractivity contribution in [3.8, 4) is 5.75 Å². The van der Waals surface area contributed by atoms with E-state index in [0.717, 1.165) is 6.07 Å². The second kappa shape index (κ2) is 6.83. The molecule has 2 rings (SSSR count). The van der Waals surface area contributed by atoms with Crippen LogP contribution in [-0.4, -0.2) is 21.4 Å². The Labute approximate surface area is 137 Å². The van der Waals surface area contributed by atoms with E-state index in [4.69, 9.17) is 4.74 Å². The van der Waals surface area contributed by atoms with E-state index in [-0.39, 0.29) is 11.4 Å². The monoisotopic (exact) mass is 356 g/mol. The number of halogens is 2. The number of nitrogens with one attached hydrogen (secondary N) is 2. The van der Waals surface area contributed by atoms with E-state index >= 15 is 0 Å². The summed E-state index contributed by atoms with van der Waals surface area (Å²) >= 11 is 0. The van der Waals surface area contributed by atoms with Crippen molar-refractivity contribution in [2.24, 2.45) is 0 Å². The topological polar surface area (TPSA) is 84.5 Å². The molecule has 24 heavy (non-hydrogen) atoms. The van der Waals surface area contributed by atoms with Crippen molar-refractivity contribution in [3.63, 3.8) is 0 Å². The molecule has 0 unspecified atom stereocenters. The third kappa shape index (κ3) is 3.99. The molecule has 0 fully saturated rings. The number of carbonyl (C=O) groups is 1.